The van der Waals surface area contributed by atoms with Gasteiger partial charge in [0.25, 0.3) is 11.8 Å². The van der Waals surface area contributed by atoms with Gasteiger partial charge in [-0.3, -0.25) is 19.2 Å². The third-order valence-corrected chi connectivity index (χ3v) is 8.87. The summed E-state index contributed by atoms with van der Waals surface area (Å²) in [5.41, 5.74) is 3.42. The summed E-state index contributed by atoms with van der Waals surface area (Å²) in [4.78, 5) is 54.7. The minimum absolute atomic E-state index is 0.0499. The number of carbonyl (C=O) groups is 4. The normalized spacial score (nSPS) is 14.5. The molecule has 2 N–H and O–H groups in total. The average molecular weight is 696 g/mol. The van der Waals surface area contributed by atoms with E-state index in [1.807, 2.05) is 37.3 Å². The summed E-state index contributed by atoms with van der Waals surface area (Å²) in [6.07, 6.45) is 1.64. The largest absolute Gasteiger partial charge is 0.494 e. The first kappa shape index (κ1) is 34.5. The lowest BCUT2D eigenvalue weighted by atomic mass is 10.1. The quantitative estimate of drug-likeness (QED) is 0.0767. The predicted molar refractivity (Wildman–Crippen MR) is 198 cm³/mol. The summed E-state index contributed by atoms with van der Waals surface area (Å²) < 4.78 is 5.51. The van der Waals surface area contributed by atoms with E-state index in [2.05, 4.69) is 20.9 Å². The van der Waals surface area contributed by atoms with E-state index < -0.39 is 17.1 Å². The minimum Gasteiger partial charge on any atom is -0.494 e. The molecule has 10 nitrogen and oxygen atoms in total. The molecular weight excluding hydrogens is 663 g/mol. The van der Waals surface area contributed by atoms with Crippen molar-refractivity contribution in [2.45, 2.75) is 23.5 Å². The number of ether oxygens (including phenoxy) is 1. The molecule has 1 unspecified atom stereocenters. The van der Waals surface area contributed by atoms with Gasteiger partial charge in [0.15, 0.2) is 0 Å². The maximum absolute atomic E-state index is 13.5. The summed E-state index contributed by atoms with van der Waals surface area (Å²) in [7, 11) is 0. The highest BCUT2D eigenvalue weighted by Crippen LogP contribution is 2.35. The van der Waals surface area contributed by atoms with Gasteiger partial charge in [0.1, 0.15) is 11.4 Å². The van der Waals surface area contributed by atoms with E-state index in [1.165, 1.54) is 16.7 Å². The molecule has 1 saturated heterocycles. The van der Waals surface area contributed by atoms with Crippen LogP contribution in [0.25, 0.3) is 6.08 Å². The lowest BCUT2D eigenvalue weighted by molar-refractivity contribution is -0.121. The molecule has 1 aliphatic heterocycles. The first-order valence-corrected chi connectivity index (χ1v) is 17.1. The Morgan fingerprint density at radius 1 is 0.804 bits per heavy atom. The highest BCUT2D eigenvalue weighted by Gasteiger charge is 2.40. The Bertz CT molecular complexity index is 2070. The van der Waals surface area contributed by atoms with Crippen LogP contribution in [0.2, 0.25) is 0 Å². The second-order valence-corrected chi connectivity index (χ2v) is 12.6. The molecule has 1 fully saturated rings. The molecule has 6 rings (SSSR count). The molecule has 0 saturated carbocycles. The summed E-state index contributed by atoms with van der Waals surface area (Å²) in [5.74, 6) is -0.846. The zero-order valence-corrected chi connectivity index (χ0v) is 28.4. The van der Waals surface area contributed by atoms with Crippen LogP contribution in [0.5, 0.6) is 5.75 Å². The monoisotopic (exact) mass is 695 g/mol. The van der Waals surface area contributed by atoms with E-state index in [4.69, 9.17) is 4.74 Å². The van der Waals surface area contributed by atoms with Crippen molar-refractivity contribution < 1.29 is 23.9 Å². The number of imide groups is 1. The summed E-state index contributed by atoms with van der Waals surface area (Å²) in [6.45, 7) is 2.42. The van der Waals surface area contributed by atoms with Gasteiger partial charge in [-0.15, -0.1) is 11.8 Å². The number of rotatable bonds is 12. The van der Waals surface area contributed by atoms with Crippen LogP contribution in [0.4, 0.5) is 22.7 Å². The highest BCUT2D eigenvalue weighted by molar-refractivity contribution is 8.00. The molecule has 1 heterocycles. The van der Waals surface area contributed by atoms with Gasteiger partial charge >= 0.3 is 0 Å². The maximum Gasteiger partial charge on any atom is 0.272 e. The van der Waals surface area contributed by atoms with Crippen LogP contribution >= 0.6 is 11.8 Å². The van der Waals surface area contributed by atoms with Crippen molar-refractivity contribution in [2.75, 3.05) is 16.8 Å². The molecule has 0 aliphatic carbocycles. The second kappa shape index (κ2) is 16.4. The fraction of sp³-hybridized carbons (Fsp3) is 0.100. The van der Waals surface area contributed by atoms with E-state index in [0.29, 0.717) is 40.5 Å². The van der Waals surface area contributed by atoms with Crippen molar-refractivity contribution >= 4 is 64.2 Å². The number of thioether (sulfide) groups is 1. The number of amides is 4. The van der Waals surface area contributed by atoms with Crippen LogP contribution in [-0.4, -0.2) is 35.5 Å². The fourth-order valence-electron chi connectivity index (χ4n) is 5.16. The van der Waals surface area contributed by atoms with Gasteiger partial charge in [0.05, 0.1) is 28.9 Å². The lowest BCUT2D eigenvalue weighted by Gasteiger charge is -2.15. The Morgan fingerprint density at radius 3 is 2.08 bits per heavy atom. The molecule has 0 bridgehead atoms. The van der Waals surface area contributed by atoms with Crippen LogP contribution in [0, 0.1) is 0 Å². The van der Waals surface area contributed by atoms with E-state index in [1.54, 1.807) is 109 Å². The van der Waals surface area contributed by atoms with Crippen molar-refractivity contribution in [1.29, 1.82) is 0 Å². The number of benzene rings is 5. The van der Waals surface area contributed by atoms with Crippen molar-refractivity contribution in [3.8, 4) is 5.75 Å². The second-order valence-electron chi connectivity index (χ2n) is 11.3. The molecule has 1 atom stereocenters. The van der Waals surface area contributed by atoms with Gasteiger partial charge in [0.2, 0.25) is 11.8 Å². The number of carbonyl (C=O) groups excluding carboxylic acids is 4. The van der Waals surface area contributed by atoms with Crippen molar-refractivity contribution in [3.05, 3.63) is 150 Å². The molecule has 0 radical (unpaired) electrons. The van der Waals surface area contributed by atoms with Crippen LogP contribution in [0.1, 0.15) is 29.3 Å². The molecule has 0 aromatic heterocycles. The topological polar surface area (TPSA) is 130 Å². The number of hydrogen-bond acceptors (Lipinski definition) is 8. The van der Waals surface area contributed by atoms with Crippen LogP contribution in [-0.2, 0) is 14.4 Å². The van der Waals surface area contributed by atoms with Crippen LogP contribution < -0.4 is 20.3 Å². The molecule has 11 heteroatoms. The third kappa shape index (κ3) is 9.02. The number of hydrogen-bond donors (Lipinski definition) is 2. The van der Waals surface area contributed by atoms with Gasteiger partial charge in [-0.2, -0.15) is 10.2 Å². The van der Waals surface area contributed by atoms with E-state index in [9.17, 15) is 19.2 Å². The number of nitrogens with one attached hydrogen (secondary N) is 2. The molecule has 5 aromatic carbocycles. The van der Waals surface area contributed by atoms with Gasteiger partial charge in [-0.1, -0.05) is 48.5 Å². The maximum atomic E-state index is 13.5. The van der Waals surface area contributed by atoms with Gasteiger partial charge < -0.3 is 15.4 Å². The predicted octanol–water partition coefficient (Wildman–Crippen LogP) is 8.33. The number of azo groups is 1. The Morgan fingerprint density at radius 2 is 1.43 bits per heavy atom. The molecular formula is C40H33N5O5S. The minimum atomic E-state index is -0.604. The summed E-state index contributed by atoms with van der Waals surface area (Å²) in [5, 5.41) is 13.4. The van der Waals surface area contributed by atoms with Crippen LogP contribution in [0.3, 0.4) is 0 Å². The van der Waals surface area contributed by atoms with Crippen LogP contribution in [0.15, 0.2) is 154 Å². The Hall–Kier alpha value is -6.33. The Labute approximate surface area is 299 Å². The van der Waals surface area contributed by atoms with Crippen molar-refractivity contribution in [3.63, 3.8) is 0 Å². The molecule has 51 heavy (non-hydrogen) atoms. The van der Waals surface area contributed by atoms with Gasteiger partial charge in [-0.05, 0) is 103 Å². The molecule has 5 aromatic rings. The number of nitrogens with zero attached hydrogens (tertiary/aromatic N) is 3. The zero-order valence-electron chi connectivity index (χ0n) is 27.6. The van der Waals surface area contributed by atoms with Crippen molar-refractivity contribution in [1.82, 2.24) is 5.32 Å². The zero-order chi connectivity index (χ0) is 35.6. The average Bonchev–Trinajstić information content (AvgIpc) is 3.44. The molecule has 254 valence electrons. The fourth-order valence-corrected chi connectivity index (χ4v) is 6.22. The lowest BCUT2D eigenvalue weighted by Crippen LogP contribution is -2.31. The first-order valence-electron chi connectivity index (χ1n) is 16.2. The van der Waals surface area contributed by atoms with E-state index in [-0.39, 0.29) is 23.9 Å². The third-order valence-electron chi connectivity index (χ3n) is 7.67. The molecule has 0 spiro atoms. The molecule has 4 amide bonds. The molecule has 1 aliphatic rings. The van der Waals surface area contributed by atoms with Gasteiger partial charge in [0, 0.05) is 22.6 Å². The van der Waals surface area contributed by atoms with Gasteiger partial charge in [-0.25, -0.2) is 4.90 Å². The van der Waals surface area contributed by atoms with E-state index in [0.717, 1.165) is 10.6 Å². The van der Waals surface area contributed by atoms with E-state index >= 15 is 0 Å². The number of anilines is 2. The Kier molecular flexibility index (Phi) is 11.1. The van der Waals surface area contributed by atoms with Crippen molar-refractivity contribution in [2.24, 2.45) is 10.2 Å². The standard InChI is InChI=1S/C40H33N5O5S/c1-2-50-33-21-13-27(14-22-33)25-35(42-38(47)28-9-5-3-6-10-28)39(48)41-29-17-23-34(24-18-29)51-36-26-37(46)45(40(36)49)32-19-15-31(16-20-32)44-43-30-11-7-4-8-12-30/h3-25,36H,2,26H2,1H3,(H,41,48)(H,42,47)/b35-25-,44-43?. The Balaban J connectivity index is 1.10. The summed E-state index contributed by atoms with van der Waals surface area (Å²) in [6, 6.07) is 38.9. The SMILES string of the molecule is CCOc1ccc(/C=C(\NC(=O)c2ccccc2)C(=O)Nc2ccc(SC3CC(=O)N(c4ccc(N=Nc5ccccc5)cc4)C3=O)cc2)cc1. The summed E-state index contributed by atoms with van der Waals surface area (Å²) >= 11 is 1.28. The highest BCUT2D eigenvalue weighted by atomic mass is 32.2. The first-order chi connectivity index (χ1) is 24.9. The smallest absolute Gasteiger partial charge is 0.272 e.